The number of rotatable bonds is 3. The lowest BCUT2D eigenvalue weighted by molar-refractivity contribution is -0.120. The van der Waals surface area contributed by atoms with Gasteiger partial charge in [0.1, 0.15) is 0 Å². The van der Waals surface area contributed by atoms with Gasteiger partial charge in [-0.2, -0.15) is 5.10 Å². The molecule has 2 heterocycles. The number of sulfonamides is 1. The average molecular weight is 336 g/mol. The summed E-state index contributed by atoms with van der Waals surface area (Å²) in [4.78, 5) is 12.5. The third-order valence-corrected chi connectivity index (χ3v) is 5.69. The van der Waals surface area contributed by atoms with Crippen LogP contribution in [0, 0.1) is 12.8 Å². The van der Waals surface area contributed by atoms with Crippen LogP contribution in [0.1, 0.15) is 18.4 Å². The van der Waals surface area contributed by atoms with Crippen LogP contribution >= 0.6 is 0 Å². The topological polar surface area (TPSA) is 95.2 Å². The molecular formula is C15H20N4O3S. The molecule has 1 aromatic heterocycles. The van der Waals surface area contributed by atoms with Gasteiger partial charge in [0.2, 0.25) is 15.9 Å². The average Bonchev–Trinajstić information content (AvgIpc) is 3.00. The third-order valence-electron chi connectivity index (χ3n) is 4.39. The Kier molecular flexibility index (Phi) is 4.11. The molecule has 1 saturated heterocycles. The fourth-order valence-corrected chi connectivity index (χ4v) is 3.83. The highest BCUT2D eigenvalue weighted by Crippen LogP contribution is 2.26. The molecule has 2 N–H and O–H groups in total. The van der Waals surface area contributed by atoms with Crippen molar-refractivity contribution < 1.29 is 13.2 Å². The lowest BCUT2D eigenvalue weighted by Gasteiger charge is -2.29. The SMILES string of the molecule is Cc1ccc(NC(=O)C2CCN(S(C)(=O)=O)CC2)c2[nH]ncc12. The van der Waals surface area contributed by atoms with E-state index in [0.29, 0.717) is 31.6 Å². The Balaban J connectivity index is 1.70. The largest absolute Gasteiger partial charge is 0.324 e. The van der Waals surface area contributed by atoms with Crippen molar-refractivity contribution in [2.75, 3.05) is 24.7 Å². The van der Waals surface area contributed by atoms with E-state index in [4.69, 9.17) is 0 Å². The Bertz CT molecular complexity index is 836. The molecule has 124 valence electrons. The molecule has 23 heavy (non-hydrogen) atoms. The van der Waals surface area contributed by atoms with Gasteiger partial charge >= 0.3 is 0 Å². The standard InChI is InChI=1S/C15H20N4O3S/c1-10-3-4-13(14-12(10)9-16-18-14)17-15(20)11-5-7-19(8-6-11)23(2,21)22/h3-4,9,11H,5-8H2,1-2H3,(H,16,18)(H,17,20). The van der Waals surface area contributed by atoms with Gasteiger partial charge in [-0.3, -0.25) is 9.89 Å². The summed E-state index contributed by atoms with van der Waals surface area (Å²) in [5, 5.41) is 10.9. The van der Waals surface area contributed by atoms with Gasteiger partial charge in [0.25, 0.3) is 0 Å². The van der Waals surface area contributed by atoms with E-state index in [9.17, 15) is 13.2 Å². The van der Waals surface area contributed by atoms with Crippen LogP contribution in [0.3, 0.4) is 0 Å². The van der Waals surface area contributed by atoms with Crippen molar-refractivity contribution in [2.24, 2.45) is 5.92 Å². The maximum absolute atomic E-state index is 12.5. The Hall–Kier alpha value is -1.93. The molecule has 8 heteroatoms. The summed E-state index contributed by atoms with van der Waals surface area (Å²) >= 11 is 0. The number of piperidine rings is 1. The molecule has 1 aliphatic rings. The number of benzene rings is 1. The molecule has 1 amide bonds. The maximum Gasteiger partial charge on any atom is 0.227 e. The van der Waals surface area contributed by atoms with Crippen molar-refractivity contribution in [3.63, 3.8) is 0 Å². The quantitative estimate of drug-likeness (QED) is 0.887. The van der Waals surface area contributed by atoms with Crippen LogP contribution in [0.2, 0.25) is 0 Å². The van der Waals surface area contributed by atoms with Gasteiger partial charge < -0.3 is 5.32 Å². The summed E-state index contributed by atoms with van der Waals surface area (Å²) in [5.41, 5.74) is 2.61. The first-order valence-corrected chi connectivity index (χ1v) is 9.40. The number of aryl methyl sites for hydroxylation is 1. The molecule has 1 aromatic carbocycles. The lowest BCUT2D eigenvalue weighted by Crippen LogP contribution is -2.40. The third kappa shape index (κ3) is 3.23. The highest BCUT2D eigenvalue weighted by atomic mass is 32.2. The highest BCUT2D eigenvalue weighted by Gasteiger charge is 2.29. The summed E-state index contributed by atoms with van der Waals surface area (Å²) in [5.74, 6) is -0.245. The predicted molar refractivity (Wildman–Crippen MR) is 88.6 cm³/mol. The summed E-state index contributed by atoms with van der Waals surface area (Å²) in [6.07, 6.45) is 4.02. The molecule has 3 rings (SSSR count). The van der Waals surface area contributed by atoms with Gasteiger partial charge in [0, 0.05) is 24.4 Å². The first kappa shape index (κ1) is 15.9. The number of carbonyl (C=O) groups is 1. The number of nitrogens with zero attached hydrogens (tertiary/aromatic N) is 2. The smallest absolute Gasteiger partial charge is 0.227 e. The number of H-pyrrole nitrogens is 1. The van der Waals surface area contributed by atoms with E-state index in [0.717, 1.165) is 16.5 Å². The van der Waals surface area contributed by atoms with Crippen LogP contribution in [-0.2, 0) is 14.8 Å². The summed E-state index contributed by atoms with van der Waals surface area (Å²) in [6.45, 7) is 2.78. The number of aromatic nitrogens is 2. The van der Waals surface area contributed by atoms with Crippen LogP contribution in [0.15, 0.2) is 18.3 Å². The molecule has 0 radical (unpaired) electrons. The fourth-order valence-electron chi connectivity index (χ4n) is 2.96. The molecule has 1 aliphatic heterocycles. The number of hydrogen-bond donors (Lipinski definition) is 2. The van der Waals surface area contributed by atoms with Crippen molar-refractivity contribution in [1.29, 1.82) is 0 Å². The fraction of sp³-hybridized carbons (Fsp3) is 0.467. The minimum absolute atomic E-state index is 0.0714. The highest BCUT2D eigenvalue weighted by molar-refractivity contribution is 7.88. The minimum atomic E-state index is -3.17. The zero-order valence-electron chi connectivity index (χ0n) is 13.2. The van der Waals surface area contributed by atoms with Crippen LogP contribution in [0.25, 0.3) is 10.9 Å². The van der Waals surface area contributed by atoms with Gasteiger partial charge in [-0.1, -0.05) is 6.07 Å². The Morgan fingerprint density at radius 1 is 1.35 bits per heavy atom. The molecule has 0 bridgehead atoms. The Morgan fingerprint density at radius 3 is 2.70 bits per heavy atom. The van der Waals surface area contributed by atoms with Gasteiger partial charge in [0.15, 0.2) is 0 Å². The molecule has 0 atom stereocenters. The van der Waals surface area contributed by atoms with Crippen LogP contribution in [0.5, 0.6) is 0 Å². The maximum atomic E-state index is 12.5. The molecule has 0 spiro atoms. The molecule has 0 aliphatic carbocycles. The first-order chi connectivity index (χ1) is 10.9. The van der Waals surface area contributed by atoms with Crippen LogP contribution < -0.4 is 5.32 Å². The second kappa shape index (κ2) is 5.93. The molecule has 0 saturated carbocycles. The monoisotopic (exact) mass is 336 g/mol. The van der Waals surface area contributed by atoms with E-state index in [2.05, 4.69) is 15.5 Å². The van der Waals surface area contributed by atoms with Crippen molar-refractivity contribution in [1.82, 2.24) is 14.5 Å². The molecule has 2 aromatic rings. The number of anilines is 1. The molecule has 7 nitrogen and oxygen atoms in total. The van der Waals surface area contributed by atoms with E-state index in [1.165, 1.54) is 10.6 Å². The van der Waals surface area contributed by atoms with Crippen molar-refractivity contribution in [2.45, 2.75) is 19.8 Å². The number of nitrogens with one attached hydrogen (secondary N) is 2. The van der Waals surface area contributed by atoms with Gasteiger partial charge in [-0.25, -0.2) is 12.7 Å². The zero-order chi connectivity index (χ0) is 16.6. The Labute approximate surface area is 135 Å². The molecule has 1 fully saturated rings. The first-order valence-electron chi connectivity index (χ1n) is 7.55. The number of aromatic amines is 1. The second-order valence-electron chi connectivity index (χ2n) is 6.01. The normalized spacial score (nSPS) is 17.5. The predicted octanol–water partition coefficient (Wildman–Crippen LogP) is 1.48. The summed E-state index contributed by atoms with van der Waals surface area (Å²) < 4.78 is 24.5. The lowest BCUT2D eigenvalue weighted by atomic mass is 9.97. The van der Waals surface area contributed by atoms with Gasteiger partial charge in [-0.05, 0) is 31.4 Å². The van der Waals surface area contributed by atoms with Gasteiger partial charge in [0.05, 0.1) is 23.7 Å². The Morgan fingerprint density at radius 2 is 2.04 bits per heavy atom. The zero-order valence-corrected chi connectivity index (χ0v) is 14.0. The minimum Gasteiger partial charge on any atom is -0.324 e. The number of carbonyl (C=O) groups excluding carboxylic acids is 1. The van der Waals surface area contributed by atoms with E-state index < -0.39 is 10.0 Å². The van der Waals surface area contributed by atoms with Crippen LogP contribution in [-0.4, -0.2) is 48.2 Å². The summed E-state index contributed by atoms with van der Waals surface area (Å²) in [7, 11) is -3.17. The van der Waals surface area contributed by atoms with Crippen molar-refractivity contribution in [3.05, 3.63) is 23.9 Å². The van der Waals surface area contributed by atoms with E-state index in [-0.39, 0.29) is 11.8 Å². The van der Waals surface area contributed by atoms with Crippen molar-refractivity contribution >= 4 is 32.5 Å². The second-order valence-corrected chi connectivity index (χ2v) is 8.00. The molecule has 0 unspecified atom stereocenters. The molecular weight excluding hydrogens is 316 g/mol. The van der Waals surface area contributed by atoms with Crippen molar-refractivity contribution in [3.8, 4) is 0 Å². The van der Waals surface area contributed by atoms with Gasteiger partial charge in [-0.15, -0.1) is 0 Å². The van der Waals surface area contributed by atoms with E-state index in [1.54, 1.807) is 6.20 Å². The van der Waals surface area contributed by atoms with Crippen LogP contribution in [0.4, 0.5) is 5.69 Å². The number of hydrogen-bond acceptors (Lipinski definition) is 4. The summed E-state index contributed by atoms with van der Waals surface area (Å²) in [6, 6.07) is 3.80. The van der Waals surface area contributed by atoms with E-state index in [1.807, 2.05) is 19.1 Å². The van der Waals surface area contributed by atoms with E-state index >= 15 is 0 Å². The number of amides is 1. The number of fused-ring (bicyclic) bond motifs is 1.